The molecule has 8 aromatic heterocycles. The van der Waals surface area contributed by atoms with Crippen LogP contribution in [-0.2, 0) is 49.5 Å². The van der Waals surface area contributed by atoms with Gasteiger partial charge in [0.2, 0.25) is 23.5 Å². The van der Waals surface area contributed by atoms with Crippen LogP contribution in [0.3, 0.4) is 0 Å². The van der Waals surface area contributed by atoms with E-state index in [9.17, 15) is 20.4 Å². The lowest BCUT2D eigenvalue weighted by Gasteiger charge is -2.30. The highest BCUT2D eigenvalue weighted by atomic mass is 16.6. The molecule has 2 unspecified atom stereocenters. The summed E-state index contributed by atoms with van der Waals surface area (Å²) in [6.45, 7) is 5.65. The van der Waals surface area contributed by atoms with Crippen LogP contribution in [0.2, 0.25) is 0 Å². The number of ether oxygens (including phenoxy) is 2. The Hall–Kier alpha value is -7.38. The van der Waals surface area contributed by atoms with E-state index in [1.165, 1.54) is 22.2 Å². The molecule has 0 amide bonds. The summed E-state index contributed by atoms with van der Waals surface area (Å²) < 4.78 is 19.4. The van der Waals surface area contributed by atoms with E-state index < -0.39 is 49.1 Å². The molecule has 1 saturated carbocycles. The molecule has 8 atom stereocenters. The molecule has 8 N–H and O–H groups in total. The molecular formula is C42H56N24O6. The molecular weight excluding hydrogens is 937 g/mol. The van der Waals surface area contributed by atoms with Gasteiger partial charge in [0.1, 0.15) is 24.4 Å². The summed E-state index contributed by atoms with van der Waals surface area (Å²) in [7, 11) is 3.83. The number of hydrogen-bond acceptors (Lipinski definition) is 24. The highest BCUT2D eigenvalue weighted by molar-refractivity contribution is 5.85. The van der Waals surface area contributed by atoms with Crippen LogP contribution in [-0.4, -0.2) is 169 Å². The zero-order valence-electron chi connectivity index (χ0n) is 39.9. The molecule has 0 bridgehead atoms. The SMILES string of the molecule is CCn1nnc([C@H]2O[C@@H](n3cnc4c(NC5CCC(Nc6nc(NCCc7cn(C)cn7)nc7c6ncn7[C@@H]6O[C@H](c7nnn(CC)n7)[C@@H](O)C6O)CC5)nc(NCCc5cn(C)cn5)nc43)C(O)[C@@H]2O)n1. The van der Waals surface area contributed by atoms with Crippen LogP contribution in [0.5, 0.6) is 0 Å². The van der Waals surface area contributed by atoms with E-state index in [-0.39, 0.29) is 23.7 Å². The van der Waals surface area contributed by atoms with Gasteiger partial charge in [0.25, 0.3) is 0 Å². The number of aromatic nitrogens is 20. The first-order valence-electron chi connectivity index (χ1n) is 24.0. The zero-order chi connectivity index (χ0) is 49.6. The summed E-state index contributed by atoms with van der Waals surface area (Å²) in [6.07, 6.45) is 5.02. The van der Waals surface area contributed by atoms with Crippen molar-refractivity contribution in [1.29, 1.82) is 0 Å². The van der Waals surface area contributed by atoms with Gasteiger partial charge in [0.05, 0.1) is 49.8 Å². The van der Waals surface area contributed by atoms with E-state index >= 15 is 0 Å². The Labute approximate surface area is 409 Å². The van der Waals surface area contributed by atoms with Crippen molar-refractivity contribution in [2.24, 2.45) is 14.1 Å². The average molecular weight is 993 g/mol. The number of fused-ring (bicyclic) bond motifs is 2. The van der Waals surface area contributed by atoms with Crippen molar-refractivity contribution in [3.05, 3.63) is 60.7 Å². The minimum absolute atomic E-state index is 0.0123. The lowest BCUT2D eigenvalue weighted by atomic mass is 9.91. The number of aryl methyl sites for hydroxylation is 4. The van der Waals surface area contributed by atoms with Crippen molar-refractivity contribution in [3.8, 4) is 0 Å². The van der Waals surface area contributed by atoms with Crippen LogP contribution in [0.25, 0.3) is 22.3 Å². The van der Waals surface area contributed by atoms with Gasteiger partial charge in [-0.25, -0.2) is 19.9 Å². The van der Waals surface area contributed by atoms with Gasteiger partial charge in [-0.05, 0) is 50.0 Å². The number of aliphatic hydroxyl groups excluding tert-OH is 4. The Kier molecular flexibility index (Phi) is 12.8. The predicted molar refractivity (Wildman–Crippen MR) is 251 cm³/mol. The van der Waals surface area contributed by atoms with E-state index in [2.05, 4.69) is 62.1 Å². The number of imidazole rings is 4. The molecule has 10 heterocycles. The molecule has 0 spiro atoms. The summed E-state index contributed by atoms with van der Waals surface area (Å²) in [5.41, 5.74) is 3.47. The third kappa shape index (κ3) is 9.22. The number of tetrazole rings is 2. The summed E-state index contributed by atoms with van der Waals surface area (Å²) in [5.74, 6) is 1.95. The van der Waals surface area contributed by atoms with Crippen LogP contribution in [0.15, 0.2) is 37.7 Å². The highest BCUT2D eigenvalue weighted by Gasteiger charge is 2.48. The minimum Gasteiger partial charge on any atom is -0.387 e. The third-order valence-electron chi connectivity index (χ3n) is 13.1. The number of nitrogens with one attached hydrogen (secondary N) is 4. The largest absolute Gasteiger partial charge is 0.387 e. The molecule has 3 fully saturated rings. The molecule has 3 aliphatic rings. The predicted octanol–water partition coefficient (Wildman–Crippen LogP) is -0.426. The van der Waals surface area contributed by atoms with Gasteiger partial charge in [0.15, 0.2) is 58.6 Å². The second-order valence-electron chi connectivity index (χ2n) is 18.2. The molecule has 2 saturated heterocycles. The van der Waals surface area contributed by atoms with Crippen LogP contribution in [0.1, 0.15) is 87.2 Å². The second-order valence-corrected chi connectivity index (χ2v) is 18.2. The van der Waals surface area contributed by atoms with Crippen LogP contribution >= 0.6 is 0 Å². The van der Waals surface area contributed by atoms with Crippen LogP contribution < -0.4 is 21.3 Å². The van der Waals surface area contributed by atoms with Gasteiger partial charge in [-0.3, -0.25) is 9.13 Å². The van der Waals surface area contributed by atoms with Crippen LogP contribution in [0.4, 0.5) is 23.5 Å². The van der Waals surface area contributed by atoms with E-state index in [1.807, 2.05) is 49.5 Å². The van der Waals surface area contributed by atoms with Crippen molar-refractivity contribution in [2.75, 3.05) is 34.4 Å². The first kappa shape index (κ1) is 47.0. The fourth-order valence-corrected chi connectivity index (χ4v) is 9.34. The quantitative estimate of drug-likeness (QED) is 0.0541. The maximum Gasteiger partial charge on any atom is 0.226 e. The maximum atomic E-state index is 11.3. The normalized spacial score (nSPS) is 25.5. The van der Waals surface area contributed by atoms with E-state index in [0.29, 0.717) is 84.9 Å². The minimum atomic E-state index is -1.36. The monoisotopic (exact) mass is 992 g/mol. The molecule has 0 radical (unpaired) electrons. The zero-order valence-corrected chi connectivity index (χ0v) is 39.9. The van der Waals surface area contributed by atoms with Crippen molar-refractivity contribution in [2.45, 2.75) is 127 Å². The van der Waals surface area contributed by atoms with Crippen molar-refractivity contribution in [1.82, 2.24) is 98.6 Å². The third-order valence-corrected chi connectivity index (χ3v) is 13.1. The molecule has 72 heavy (non-hydrogen) atoms. The molecule has 30 nitrogen and oxygen atoms in total. The Morgan fingerprint density at radius 3 is 1.38 bits per heavy atom. The Morgan fingerprint density at radius 1 is 0.569 bits per heavy atom. The van der Waals surface area contributed by atoms with Gasteiger partial charge in [-0.1, -0.05) is 0 Å². The Balaban J connectivity index is 0.821. The summed E-state index contributed by atoms with van der Waals surface area (Å²) >= 11 is 0. The van der Waals surface area contributed by atoms with Crippen molar-refractivity contribution < 1.29 is 29.9 Å². The molecule has 1 aliphatic carbocycles. The Morgan fingerprint density at radius 2 is 1.00 bits per heavy atom. The first-order valence-corrected chi connectivity index (χ1v) is 24.0. The number of rotatable bonds is 18. The van der Waals surface area contributed by atoms with E-state index in [0.717, 1.165) is 37.1 Å². The molecule has 0 aromatic carbocycles. The van der Waals surface area contributed by atoms with E-state index in [4.69, 9.17) is 39.4 Å². The van der Waals surface area contributed by atoms with Gasteiger partial charge in [-0.15, -0.1) is 20.4 Å². The number of nitrogens with zero attached hydrogens (tertiary/aromatic N) is 20. The number of hydrogen-bond donors (Lipinski definition) is 8. The smallest absolute Gasteiger partial charge is 0.226 e. The van der Waals surface area contributed by atoms with E-state index in [1.54, 1.807) is 21.8 Å². The maximum absolute atomic E-state index is 11.3. The molecule has 30 heteroatoms. The van der Waals surface area contributed by atoms with Crippen molar-refractivity contribution in [3.63, 3.8) is 0 Å². The van der Waals surface area contributed by atoms with Crippen LogP contribution in [0, 0.1) is 0 Å². The van der Waals surface area contributed by atoms with Gasteiger partial charge in [0, 0.05) is 64.5 Å². The second kappa shape index (κ2) is 19.7. The summed E-state index contributed by atoms with van der Waals surface area (Å²) in [5, 5.41) is 83.5. The average Bonchev–Trinajstić information content (AvgIpc) is 4.26. The molecule has 380 valence electrons. The number of anilines is 4. The molecule has 2 aliphatic heterocycles. The van der Waals surface area contributed by atoms with Crippen molar-refractivity contribution >= 4 is 45.9 Å². The molecule has 11 rings (SSSR count). The fourth-order valence-electron chi connectivity index (χ4n) is 9.34. The molecule has 8 aromatic rings. The Bertz CT molecular complexity index is 2930. The highest BCUT2D eigenvalue weighted by Crippen LogP contribution is 2.41. The first-order chi connectivity index (χ1) is 35.0. The van der Waals surface area contributed by atoms with Gasteiger partial charge in [-0.2, -0.15) is 29.5 Å². The summed E-state index contributed by atoms with van der Waals surface area (Å²) in [4.78, 5) is 40.5. The summed E-state index contributed by atoms with van der Waals surface area (Å²) in [6, 6.07) is -0.0247. The lowest BCUT2D eigenvalue weighted by Crippen LogP contribution is -2.33. The van der Waals surface area contributed by atoms with Gasteiger partial charge < -0.3 is 60.3 Å². The number of aliphatic hydroxyl groups is 4. The topological polar surface area (TPSA) is 358 Å². The fraction of sp³-hybridized carbons (Fsp3) is 0.571. The lowest BCUT2D eigenvalue weighted by molar-refractivity contribution is -0.0384. The van der Waals surface area contributed by atoms with Gasteiger partial charge >= 0.3 is 0 Å². The standard InChI is InChI=1S/C42H56N24O6/c1-5-65-57-35(55-59-65)31-27(67)29(69)39(71-31)63-19-47-25-33(51-41(53-37(25)63)43-13-11-23-15-61(3)17-45-23)49-21-7-9-22(10-8-21)50-34-26-38(54-42(52-34)44-14-12-24-16-62(4)18-46-24)64(20-48-26)40-30(70)28(68)32(72-40)36-56-60-66(6-2)58-36/h15-22,27-32,39-40,67-70H,5-14H2,1-4H3,(H2,43,49,51,53)(H2,44,50,52,54)/t21?,22?,27-,28-,29?,30?,31-,32-,39+,40+/m0/s1.